The van der Waals surface area contributed by atoms with Gasteiger partial charge in [0.2, 0.25) is 0 Å². The Morgan fingerprint density at radius 2 is 2.00 bits per heavy atom. The average Bonchev–Trinajstić information content (AvgIpc) is 2.36. The fourth-order valence-electron chi connectivity index (χ4n) is 1.58. The molecule has 1 aromatic rings. The summed E-state index contributed by atoms with van der Waals surface area (Å²) in [6, 6.07) is -1.42. The first-order chi connectivity index (χ1) is 9.38. The van der Waals surface area contributed by atoms with Gasteiger partial charge in [-0.05, 0) is 19.3 Å². The van der Waals surface area contributed by atoms with E-state index in [1.54, 1.807) is 12.4 Å². The predicted molar refractivity (Wildman–Crippen MR) is 73.0 cm³/mol. The SMILES string of the molecule is Cc1cnc(CNC(=O)NC(CC(C)C)C(=O)O)cn1. The summed E-state index contributed by atoms with van der Waals surface area (Å²) in [5, 5.41) is 14.0. The van der Waals surface area contributed by atoms with Crippen LogP contribution in [0.4, 0.5) is 4.79 Å². The molecule has 0 radical (unpaired) electrons. The van der Waals surface area contributed by atoms with Crippen molar-refractivity contribution in [2.75, 3.05) is 0 Å². The normalized spacial score (nSPS) is 12.0. The fraction of sp³-hybridized carbons (Fsp3) is 0.538. The largest absolute Gasteiger partial charge is 0.480 e. The quantitative estimate of drug-likeness (QED) is 0.723. The standard InChI is InChI=1S/C13H20N4O3/c1-8(2)4-11(12(18)19)17-13(20)16-7-10-6-14-9(3)5-15-10/h5-6,8,11H,4,7H2,1-3H3,(H,18,19)(H2,16,17,20). The lowest BCUT2D eigenvalue weighted by Crippen LogP contribution is -2.46. The number of aromatic nitrogens is 2. The van der Waals surface area contributed by atoms with E-state index < -0.39 is 18.0 Å². The van der Waals surface area contributed by atoms with Gasteiger partial charge >= 0.3 is 12.0 Å². The molecule has 0 fully saturated rings. The number of carboxylic acids is 1. The first-order valence-corrected chi connectivity index (χ1v) is 6.43. The van der Waals surface area contributed by atoms with E-state index in [1.807, 2.05) is 20.8 Å². The number of nitrogens with one attached hydrogen (secondary N) is 2. The Kier molecular flexibility index (Phi) is 5.89. The van der Waals surface area contributed by atoms with Crippen molar-refractivity contribution < 1.29 is 14.7 Å². The number of carbonyl (C=O) groups is 2. The highest BCUT2D eigenvalue weighted by molar-refractivity contribution is 5.82. The third-order valence-corrected chi connectivity index (χ3v) is 2.58. The van der Waals surface area contributed by atoms with Crippen LogP contribution in [0.25, 0.3) is 0 Å². The van der Waals surface area contributed by atoms with Crippen LogP contribution in [-0.2, 0) is 11.3 Å². The van der Waals surface area contributed by atoms with Crippen LogP contribution in [0, 0.1) is 12.8 Å². The molecule has 0 aliphatic rings. The van der Waals surface area contributed by atoms with Gasteiger partial charge in [-0.1, -0.05) is 13.8 Å². The van der Waals surface area contributed by atoms with Gasteiger partial charge in [-0.25, -0.2) is 9.59 Å². The van der Waals surface area contributed by atoms with Gasteiger partial charge in [0.25, 0.3) is 0 Å². The maximum atomic E-state index is 11.6. The van der Waals surface area contributed by atoms with E-state index in [0.717, 1.165) is 5.69 Å². The van der Waals surface area contributed by atoms with Crippen molar-refractivity contribution in [2.45, 2.75) is 39.8 Å². The molecule has 0 bridgehead atoms. The van der Waals surface area contributed by atoms with E-state index in [1.165, 1.54) is 0 Å². The lowest BCUT2D eigenvalue weighted by Gasteiger charge is -2.16. The Bertz CT molecular complexity index is 459. The van der Waals surface area contributed by atoms with Gasteiger partial charge in [-0.3, -0.25) is 9.97 Å². The number of carbonyl (C=O) groups excluding carboxylic acids is 1. The van der Waals surface area contributed by atoms with Crippen LogP contribution in [0.3, 0.4) is 0 Å². The molecule has 0 aliphatic carbocycles. The van der Waals surface area contributed by atoms with Crippen molar-refractivity contribution in [2.24, 2.45) is 5.92 Å². The number of urea groups is 1. The Balaban J connectivity index is 2.45. The number of amides is 2. The molecule has 2 amide bonds. The van der Waals surface area contributed by atoms with Crippen LogP contribution >= 0.6 is 0 Å². The molecule has 1 unspecified atom stereocenters. The molecular formula is C13H20N4O3. The minimum atomic E-state index is -1.04. The topological polar surface area (TPSA) is 104 Å². The van der Waals surface area contributed by atoms with Gasteiger partial charge in [0.15, 0.2) is 0 Å². The second-order valence-corrected chi connectivity index (χ2v) is 5.00. The molecule has 1 aromatic heterocycles. The molecule has 20 heavy (non-hydrogen) atoms. The van der Waals surface area contributed by atoms with E-state index in [4.69, 9.17) is 5.11 Å². The summed E-state index contributed by atoms with van der Waals surface area (Å²) >= 11 is 0. The lowest BCUT2D eigenvalue weighted by molar-refractivity contribution is -0.139. The van der Waals surface area contributed by atoms with Crippen molar-refractivity contribution in [1.29, 1.82) is 0 Å². The van der Waals surface area contributed by atoms with E-state index in [2.05, 4.69) is 20.6 Å². The minimum Gasteiger partial charge on any atom is -0.480 e. The molecular weight excluding hydrogens is 260 g/mol. The summed E-state index contributed by atoms with van der Waals surface area (Å²) in [4.78, 5) is 30.8. The van der Waals surface area contributed by atoms with Gasteiger partial charge < -0.3 is 15.7 Å². The van der Waals surface area contributed by atoms with Gasteiger partial charge in [-0.15, -0.1) is 0 Å². The Morgan fingerprint density at radius 1 is 1.30 bits per heavy atom. The van der Waals surface area contributed by atoms with Crippen molar-refractivity contribution >= 4 is 12.0 Å². The summed E-state index contributed by atoms with van der Waals surface area (Å²) in [5.41, 5.74) is 1.41. The molecule has 0 spiro atoms. The fourth-order valence-corrected chi connectivity index (χ4v) is 1.58. The second kappa shape index (κ2) is 7.42. The van der Waals surface area contributed by atoms with E-state index in [0.29, 0.717) is 12.1 Å². The highest BCUT2D eigenvalue weighted by atomic mass is 16.4. The monoisotopic (exact) mass is 280 g/mol. The van der Waals surface area contributed by atoms with Crippen LogP contribution in [0.2, 0.25) is 0 Å². The number of rotatable bonds is 6. The molecule has 0 aliphatic heterocycles. The van der Waals surface area contributed by atoms with Crippen LogP contribution in [0.5, 0.6) is 0 Å². The highest BCUT2D eigenvalue weighted by Gasteiger charge is 2.20. The molecule has 1 atom stereocenters. The number of aliphatic carboxylic acids is 1. The first-order valence-electron chi connectivity index (χ1n) is 6.43. The number of hydrogen-bond acceptors (Lipinski definition) is 4. The maximum Gasteiger partial charge on any atom is 0.326 e. The summed E-state index contributed by atoms with van der Waals surface area (Å²) in [6.07, 6.45) is 3.55. The number of nitrogens with zero attached hydrogens (tertiary/aromatic N) is 2. The van der Waals surface area contributed by atoms with Crippen LogP contribution in [0.15, 0.2) is 12.4 Å². The van der Waals surface area contributed by atoms with Gasteiger partial charge in [0.1, 0.15) is 6.04 Å². The summed E-state index contributed by atoms with van der Waals surface area (Å²) in [6.45, 7) is 5.82. The third kappa shape index (κ3) is 5.64. The first kappa shape index (κ1) is 15.9. The average molecular weight is 280 g/mol. The Labute approximate surface area is 117 Å². The van der Waals surface area contributed by atoms with E-state index >= 15 is 0 Å². The van der Waals surface area contributed by atoms with Crippen LogP contribution in [0.1, 0.15) is 31.7 Å². The summed E-state index contributed by atoms with van der Waals surface area (Å²) in [7, 11) is 0. The zero-order chi connectivity index (χ0) is 15.1. The zero-order valence-electron chi connectivity index (χ0n) is 11.9. The molecule has 0 aromatic carbocycles. The smallest absolute Gasteiger partial charge is 0.326 e. The van der Waals surface area contributed by atoms with Crippen LogP contribution < -0.4 is 10.6 Å². The van der Waals surface area contributed by atoms with Gasteiger partial charge in [0.05, 0.1) is 24.1 Å². The molecule has 0 saturated heterocycles. The van der Waals surface area contributed by atoms with Crippen LogP contribution in [-0.4, -0.2) is 33.1 Å². The van der Waals surface area contributed by atoms with Crippen molar-refractivity contribution in [3.05, 3.63) is 23.8 Å². The second-order valence-electron chi connectivity index (χ2n) is 5.00. The van der Waals surface area contributed by atoms with E-state index in [-0.39, 0.29) is 12.5 Å². The number of carboxylic acid groups (broad SMARTS) is 1. The third-order valence-electron chi connectivity index (χ3n) is 2.58. The number of hydrogen-bond donors (Lipinski definition) is 3. The minimum absolute atomic E-state index is 0.180. The van der Waals surface area contributed by atoms with Gasteiger partial charge in [0, 0.05) is 6.20 Å². The molecule has 1 rings (SSSR count). The van der Waals surface area contributed by atoms with E-state index in [9.17, 15) is 9.59 Å². The molecule has 7 nitrogen and oxygen atoms in total. The molecule has 110 valence electrons. The van der Waals surface area contributed by atoms with Crippen molar-refractivity contribution in [1.82, 2.24) is 20.6 Å². The van der Waals surface area contributed by atoms with Crippen molar-refractivity contribution in [3.63, 3.8) is 0 Å². The summed E-state index contributed by atoms with van der Waals surface area (Å²) < 4.78 is 0. The predicted octanol–water partition coefficient (Wildman–Crippen LogP) is 1.08. The molecule has 7 heteroatoms. The molecule has 0 saturated carbocycles. The zero-order valence-corrected chi connectivity index (χ0v) is 11.9. The Morgan fingerprint density at radius 3 is 2.50 bits per heavy atom. The maximum absolute atomic E-state index is 11.6. The van der Waals surface area contributed by atoms with Crippen molar-refractivity contribution in [3.8, 4) is 0 Å². The summed E-state index contributed by atoms with van der Waals surface area (Å²) in [5.74, 6) is -0.858. The highest BCUT2D eigenvalue weighted by Crippen LogP contribution is 2.04. The van der Waals surface area contributed by atoms with Gasteiger partial charge in [-0.2, -0.15) is 0 Å². The molecule has 3 N–H and O–H groups in total. The lowest BCUT2D eigenvalue weighted by atomic mass is 10.0. The Hall–Kier alpha value is -2.18. The molecule has 1 heterocycles. The number of aryl methyl sites for hydroxylation is 1.